The molecule has 2 rings (SSSR count). The summed E-state index contributed by atoms with van der Waals surface area (Å²) in [6, 6.07) is 4.14. The van der Waals surface area contributed by atoms with Gasteiger partial charge in [0.05, 0.1) is 12.7 Å². The van der Waals surface area contributed by atoms with Crippen molar-refractivity contribution in [1.82, 2.24) is 0 Å². The van der Waals surface area contributed by atoms with Gasteiger partial charge in [-0.3, -0.25) is 0 Å². The molecule has 1 saturated carbocycles. The Morgan fingerprint density at radius 1 is 1.41 bits per heavy atom. The lowest BCUT2D eigenvalue weighted by molar-refractivity contribution is 0.0600. The summed E-state index contributed by atoms with van der Waals surface area (Å²) in [6.45, 7) is 0. The van der Waals surface area contributed by atoms with Crippen LogP contribution in [0.2, 0.25) is 0 Å². The summed E-state index contributed by atoms with van der Waals surface area (Å²) in [5, 5.41) is 0. The van der Waals surface area contributed by atoms with Crippen LogP contribution in [0.25, 0.3) is 0 Å². The maximum Gasteiger partial charge on any atom is 0.337 e. The van der Waals surface area contributed by atoms with Crippen molar-refractivity contribution in [3.05, 3.63) is 40.7 Å². The lowest BCUT2D eigenvalue weighted by atomic mass is 9.76. The topological polar surface area (TPSA) is 43.4 Å². The molecule has 0 spiro atoms. The van der Waals surface area contributed by atoms with Crippen LogP contribution in [0.1, 0.15) is 34.7 Å². The summed E-state index contributed by atoms with van der Waals surface area (Å²) in [6.07, 6.45) is 1.18. The van der Waals surface area contributed by atoms with Crippen LogP contribution in [0.3, 0.4) is 0 Å². The molecule has 0 unspecified atom stereocenters. The fraction of sp³-hybridized carbons (Fsp3) is 0.308. The fourth-order valence-electron chi connectivity index (χ4n) is 1.94. The van der Waals surface area contributed by atoms with Gasteiger partial charge >= 0.3 is 5.97 Å². The minimum Gasteiger partial charge on any atom is -0.465 e. The van der Waals surface area contributed by atoms with E-state index >= 15 is 0 Å². The maximum absolute atomic E-state index is 13.3. The van der Waals surface area contributed by atoms with E-state index in [-0.39, 0.29) is 11.5 Å². The van der Waals surface area contributed by atoms with E-state index in [0.29, 0.717) is 18.4 Å². The van der Waals surface area contributed by atoms with Crippen molar-refractivity contribution < 1.29 is 18.7 Å². The predicted molar refractivity (Wildman–Crippen MR) is 58.9 cm³/mol. The van der Waals surface area contributed by atoms with E-state index < -0.39 is 11.8 Å². The van der Waals surface area contributed by atoms with Crippen LogP contribution in [-0.4, -0.2) is 19.0 Å². The van der Waals surface area contributed by atoms with Crippen LogP contribution in [-0.2, 0) is 9.53 Å². The summed E-state index contributed by atoms with van der Waals surface area (Å²) in [4.78, 5) is 21.7. The van der Waals surface area contributed by atoms with E-state index in [2.05, 4.69) is 4.74 Å². The summed E-state index contributed by atoms with van der Waals surface area (Å²) in [5.41, 5.74) is 1.63. The second-order valence-electron chi connectivity index (χ2n) is 4.08. The molecule has 0 saturated heterocycles. The van der Waals surface area contributed by atoms with Gasteiger partial charge in [0.25, 0.3) is 0 Å². The highest BCUT2D eigenvalue weighted by molar-refractivity contribution is 5.89. The number of rotatable bonds is 2. The van der Waals surface area contributed by atoms with E-state index in [4.69, 9.17) is 0 Å². The van der Waals surface area contributed by atoms with Crippen LogP contribution in [0, 0.1) is 5.82 Å². The third-order valence-electron chi connectivity index (χ3n) is 2.94. The summed E-state index contributed by atoms with van der Waals surface area (Å²) in [5.74, 6) is 0.923. The van der Waals surface area contributed by atoms with Crippen molar-refractivity contribution in [3.8, 4) is 0 Å². The van der Waals surface area contributed by atoms with Gasteiger partial charge in [-0.25, -0.2) is 14.0 Å². The third kappa shape index (κ3) is 2.27. The lowest BCUT2D eigenvalue weighted by Crippen LogP contribution is -2.14. The minimum absolute atomic E-state index is 0.102. The molecule has 3 nitrogen and oxygen atoms in total. The number of carbonyl (C=O) groups is 1. The van der Waals surface area contributed by atoms with Gasteiger partial charge in [0.2, 0.25) is 0 Å². The molecule has 88 valence electrons. The first-order valence-electron chi connectivity index (χ1n) is 5.25. The van der Waals surface area contributed by atoms with Crippen molar-refractivity contribution in [2.75, 3.05) is 7.11 Å². The van der Waals surface area contributed by atoms with Gasteiger partial charge in [0.1, 0.15) is 11.8 Å². The molecular formula is C13H11FO3. The SMILES string of the molecule is COC(=O)c1cc(F)cc(C2CC(=C=O)C2)c1. The normalized spacial score (nSPS) is 18.2. The van der Waals surface area contributed by atoms with Gasteiger partial charge in [-0.1, -0.05) is 0 Å². The number of carbonyl (C=O) groups excluding carboxylic acids is 2. The average Bonchev–Trinajstić information content (AvgIpc) is 2.26. The smallest absolute Gasteiger partial charge is 0.337 e. The predicted octanol–water partition coefficient (Wildman–Crippen LogP) is 2.25. The Morgan fingerprint density at radius 2 is 2.12 bits per heavy atom. The van der Waals surface area contributed by atoms with Crippen LogP contribution >= 0.6 is 0 Å². The van der Waals surface area contributed by atoms with Crippen molar-refractivity contribution in [3.63, 3.8) is 0 Å². The van der Waals surface area contributed by atoms with Crippen molar-refractivity contribution >= 4 is 11.9 Å². The first kappa shape index (κ1) is 11.6. The first-order chi connectivity index (χ1) is 8.13. The van der Waals surface area contributed by atoms with Gasteiger partial charge in [-0.2, -0.15) is 0 Å². The minimum atomic E-state index is -0.559. The highest BCUT2D eigenvalue weighted by Crippen LogP contribution is 2.40. The Morgan fingerprint density at radius 3 is 2.71 bits per heavy atom. The Hall–Kier alpha value is -1.93. The molecular weight excluding hydrogens is 223 g/mol. The molecule has 0 bridgehead atoms. The zero-order valence-corrected chi connectivity index (χ0v) is 9.33. The number of hydrogen-bond donors (Lipinski definition) is 0. The Labute approximate surface area is 97.9 Å². The molecule has 0 aromatic heterocycles. The van der Waals surface area contributed by atoms with Gasteiger partial charge in [0.15, 0.2) is 0 Å². The molecule has 1 aromatic carbocycles. The average molecular weight is 234 g/mol. The molecule has 1 aromatic rings. The molecule has 1 fully saturated rings. The molecule has 0 atom stereocenters. The summed E-state index contributed by atoms with van der Waals surface area (Å²) in [7, 11) is 1.25. The quantitative estimate of drug-likeness (QED) is 0.582. The first-order valence-corrected chi connectivity index (χ1v) is 5.25. The van der Waals surface area contributed by atoms with Gasteiger partial charge in [-0.15, -0.1) is 0 Å². The van der Waals surface area contributed by atoms with Crippen LogP contribution in [0.5, 0.6) is 0 Å². The van der Waals surface area contributed by atoms with Crippen molar-refractivity contribution in [2.24, 2.45) is 0 Å². The lowest BCUT2D eigenvalue weighted by Gasteiger charge is -2.27. The van der Waals surface area contributed by atoms with Crippen LogP contribution in [0.4, 0.5) is 4.39 Å². The monoisotopic (exact) mass is 234 g/mol. The number of allylic oxidation sites excluding steroid dienone is 1. The molecule has 1 aliphatic rings. The highest BCUT2D eigenvalue weighted by Gasteiger charge is 2.27. The zero-order chi connectivity index (χ0) is 12.4. The van der Waals surface area contributed by atoms with E-state index in [9.17, 15) is 14.0 Å². The second kappa shape index (κ2) is 4.52. The summed E-state index contributed by atoms with van der Waals surface area (Å²) >= 11 is 0. The number of halogens is 1. The van der Waals surface area contributed by atoms with E-state index in [1.165, 1.54) is 13.2 Å². The molecule has 0 heterocycles. The van der Waals surface area contributed by atoms with Gasteiger partial charge in [-0.05, 0) is 42.5 Å². The van der Waals surface area contributed by atoms with Gasteiger partial charge in [0, 0.05) is 5.57 Å². The standard InChI is InChI=1S/C13H11FO3/c1-17-13(16)11-4-10(5-12(14)6-11)9-2-8(3-9)7-15/h4-6,9H,2-3H2,1H3. The Kier molecular flexibility index (Phi) is 3.07. The van der Waals surface area contributed by atoms with Crippen LogP contribution < -0.4 is 0 Å². The molecule has 1 aliphatic carbocycles. The van der Waals surface area contributed by atoms with E-state index in [0.717, 1.165) is 11.6 Å². The highest BCUT2D eigenvalue weighted by atomic mass is 19.1. The Bertz CT molecular complexity index is 507. The number of hydrogen-bond acceptors (Lipinski definition) is 3. The Balaban J connectivity index is 2.27. The molecule has 0 aliphatic heterocycles. The molecule has 0 radical (unpaired) electrons. The molecule has 4 heteroatoms. The van der Waals surface area contributed by atoms with Crippen molar-refractivity contribution in [1.29, 1.82) is 0 Å². The number of methoxy groups -OCH3 is 1. The maximum atomic E-state index is 13.3. The number of benzene rings is 1. The number of esters is 1. The summed E-state index contributed by atoms with van der Waals surface area (Å²) < 4.78 is 17.9. The van der Waals surface area contributed by atoms with E-state index in [1.54, 1.807) is 6.07 Å². The van der Waals surface area contributed by atoms with Crippen molar-refractivity contribution in [2.45, 2.75) is 18.8 Å². The zero-order valence-electron chi connectivity index (χ0n) is 9.33. The molecule has 0 amide bonds. The fourth-order valence-corrected chi connectivity index (χ4v) is 1.94. The van der Waals surface area contributed by atoms with Crippen LogP contribution in [0.15, 0.2) is 23.8 Å². The van der Waals surface area contributed by atoms with Gasteiger partial charge < -0.3 is 4.74 Å². The molecule has 0 N–H and O–H groups in total. The number of ether oxygens (including phenoxy) is 1. The van der Waals surface area contributed by atoms with E-state index in [1.807, 2.05) is 5.94 Å². The molecule has 17 heavy (non-hydrogen) atoms. The largest absolute Gasteiger partial charge is 0.465 e. The third-order valence-corrected chi connectivity index (χ3v) is 2.94. The second-order valence-corrected chi connectivity index (χ2v) is 4.08.